The van der Waals surface area contributed by atoms with Crippen molar-refractivity contribution in [1.29, 1.82) is 0 Å². The van der Waals surface area contributed by atoms with Gasteiger partial charge in [0.2, 0.25) is 0 Å². The third-order valence-electron chi connectivity index (χ3n) is 1.43. The molecule has 0 nitrogen and oxygen atoms in total. The molecule has 0 heterocycles. The van der Waals surface area contributed by atoms with Gasteiger partial charge in [-0.3, -0.25) is 0 Å². The van der Waals surface area contributed by atoms with Crippen molar-refractivity contribution in [1.82, 2.24) is 0 Å². The first kappa shape index (κ1) is 11.2. The van der Waals surface area contributed by atoms with Gasteiger partial charge in [-0.1, -0.05) is 0 Å². The molecule has 1 rings (SSSR count). The Bertz CT molecular complexity index is 369. The van der Waals surface area contributed by atoms with Crippen LogP contribution in [0.4, 0.5) is 26.3 Å². The topological polar surface area (TPSA) is 0 Å². The maximum absolute atomic E-state index is 12.6. The van der Waals surface area contributed by atoms with Gasteiger partial charge in [-0.05, 0) is 6.07 Å². The highest BCUT2D eigenvalue weighted by Gasteiger charge is 2.34. The lowest BCUT2D eigenvalue weighted by atomic mass is 10.2. The number of benzene rings is 1. The molecule has 0 radical (unpaired) electrons. The van der Waals surface area contributed by atoms with E-state index in [-0.39, 0.29) is 6.07 Å². The van der Waals surface area contributed by atoms with Crippen molar-refractivity contribution in [3.05, 3.63) is 34.9 Å². The minimum atomic E-state index is -4.07. The number of halogens is 6. The van der Waals surface area contributed by atoms with Crippen LogP contribution in [0.25, 0.3) is 0 Å². The fourth-order valence-corrected chi connectivity index (χ4v) is 0.954. The van der Waals surface area contributed by atoms with Gasteiger partial charge in [-0.25, -0.2) is 17.6 Å². The predicted molar refractivity (Wildman–Crippen MR) is 39.2 cm³/mol. The van der Waals surface area contributed by atoms with Gasteiger partial charge >= 0.3 is 5.25 Å². The molecular weight excluding hydrogens is 230 g/mol. The molecule has 1 aromatic rings. The molecule has 0 bridgehead atoms. The molecule has 0 spiro atoms. The molecule has 0 unspecified atom stereocenters. The van der Waals surface area contributed by atoms with E-state index in [9.17, 15) is 26.3 Å². The summed E-state index contributed by atoms with van der Waals surface area (Å²) in [6.07, 6.45) is 0. The van der Waals surface area contributed by atoms with Crippen LogP contribution in [-0.4, -0.2) is 0 Å². The lowest BCUT2D eigenvalue weighted by Crippen LogP contribution is -2.11. The molecule has 14 heavy (non-hydrogen) atoms. The molecular formula is C7H2F6S. The first-order chi connectivity index (χ1) is 6.25. The maximum atomic E-state index is 12.6. The standard InChI is InChI=1S/C7H2F6S/c8-3-1-2(7(12,13)14)4(9)6(11)5(3)10/h1,14H. The van der Waals surface area contributed by atoms with Gasteiger partial charge < -0.3 is 0 Å². The van der Waals surface area contributed by atoms with Gasteiger partial charge in [0, 0.05) is 0 Å². The highest BCUT2D eigenvalue weighted by atomic mass is 32.1. The van der Waals surface area contributed by atoms with Crippen molar-refractivity contribution >= 4 is 12.6 Å². The van der Waals surface area contributed by atoms with Gasteiger partial charge in [-0.2, -0.15) is 8.78 Å². The molecule has 0 saturated heterocycles. The molecule has 0 aromatic heterocycles. The highest BCUT2D eigenvalue weighted by Crippen LogP contribution is 2.35. The van der Waals surface area contributed by atoms with Crippen molar-refractivity contribution in [3.63, 3.8) is 0 Å². The summed E-state index contributed by atoms with van der Waals surface area (Å²) in [7, 11) is 0. The Kier molecular flexibility index (Phi) is 2.71. The van der Waals surface area contributed by atoms with E-state index < -0.39 is 34.1 Å². The van der Waals surface area contributed by atoms with E-state index in [0.717, 1.165) is 0 Å². The number of hydrogen-bond acceptors (Lipinski definition) is 1. The summed E-state index contributed by atoms with van der Waals surface area (Å²) in [6, 6.07) is -0.138. The average Bonchev–Trinajstić information content (AvgIpc) is 2.06. The second-order valence-corrected chi connectivity index (χ2v) is 2.95. The number of hydrogen-bond donors (Lipinski definition) is 1. The average molecular weight is 232 g/mol. The second-order valence-electron chi connectivity index (χ2n) is 2.39. The van der Waals surface area contributed by atoms with E-state index in [4.69, 9.17) is 0 Å². The van der Waals surface area contributed by atoms with E-state index in [1.807, 2.05) is 0 Å². The summed E-state index contributed by atoms with van der Waals surface area (Å²) < 4.78 is 74.5. The number of thiol groups is 1. The van der Waals surface area contributed by atoms with Crippen LogP contribution in [0.3, 0.4) is 0 Å². The summed E-state index contributed by atoms with van der Waals surface area (Å²) >= 11 is 2.61. The largest absolute Gasteiger partial charge is 0.319 e. The van der Waals surface area contributed by atoms with E-state index in [1.54, 1.807) is 0 Å². The van der Waals surface area contributed by atoms with E-state index in [2.05, 4.69) is 12.6 Å². The first-order valence-corrected chi connectivity index (χ1v) is 3.63. The van der Waals surface area contributed by atoms with Crippen molar-refractivity contribution in [2.45, 2.75) is 5.25 Å². The van der Waals surface area contributed by atoms with Gasteiger partial charge in [-0.15, -0.1) is 12.6 Å². The van der Waals surface area contributed by atoms with E-state index in [0.29, 0.717) is 0 Å². The van der Waals surface area contributed by atoms with Crippen LogP contribution in [0, 0.1) is 23.3 Å². The third kappa shape index (κ3) is 1.82. The van der Waals surface area contributed by atoms with Gasteiger partial charge in [0.15, 0.2) is 23.3 Å². The fourth-order valence-electron chi connectivity index (χ4n) is 0.792. The zero-order chi connectivity index (χ0) is 11.1. The Balaban J connectivity index is 3.49. The maximum Gasteiger partial charge on any atom is 0.319 e. The summed E-state index contributed by atoms with van der Waals surface area (Å²) in [5, 5.41) is -4.07. The Morgan fingerprint density at radius 1 is 0.929 bits per heavy atom. The highest BCUT2D eigenvalue weighted by molar-refractivity contribution is 7.81. The van der Waals surface area contributed by atoms with Crippen LogP contribution in [0.5, 0.6) is 0 Å². The van der Waals surface area contributed by atoms with E-state index in [1.165, 1.54) is 0 Å². The van der Waals surface area contributed by atoms with Crippen molar-refractivity contribution in [2.75, 3.05) is 0 Å². The quantitative estimate of drug-likeness (QED) is 0.327. The molecule has 78 valence electrons. The van der Waals surface area contributed by atoms with E-state index >= 15 is 0 Å². The Morgan fingerprint density at radius 2 is 1.43 bits per heavy atom. The summed E-state index contributed by atoms with van der Waals surface area (Å²) in [6.45, 7) is 0. The minimum Gasteiger partial charge on any atom is -0.204 e. The summed E-state index contributed by atoms with van der Waals surface area (Å²) in [4.78, 5) is 0. The van der Waals surface area contributed by atoms with Crippen LogP contribution in [0.15, 0.2) is 6.07 Å². The fraction of sp³-hybridized carbons (Fsp3) is 0.143. The molecule has 7 heteroatoms. The van der Waals surface area contributed by atoms with Crippen LogP contribution >= 0.6 is 12.6 Å². The molecule has 0 amide bonds. The zero-order valence-corrected chi connectivity index (χ0v) is 7.19. The molecule has 1 aromatic carbocycles. The molecule has 0 N–H and O–H groups in total. The van der Waals surface area contributed by atoms with Gasteiger partial charge in [0.1, 0.15) is 0 Å². The lowest BCUT2D eigenvalue weighted by Gasteiger charge is -2.11. The molecule has 0 fully saturated rings. The van der Waals surface area contributed by atoms with Crippen LogP contribution in [0.2, 0.25) is 0 Å². The lowest BCUT2D eigenvalue weighted by molar-refractivity contribution is 0.101. The second kappa shape index (κ2) is 3.38. The minimum absolute atomic E-state index is 0.138. The smallest absolute Gasteiger partial charge is 0.204 e. The van der Waals surface area contributed by atoms with Crippen molar-refractivity contribution in [3.8, 4) is 0 Å². The predicted octanol–water partition coefficient (Wildman–Crippen LogP) is 3.22. The molecule has 0 saturated carbocycles. The van der Waals surface area contributed by atoms with Gasteiger partial charge in [0.25, 0.3) is 0 Å². The summed E-state index contributed by atoms with van der Waals surface area (Å²) in [5.41, 5.74) is -1.64. The van der Waals surface area contributed by atoms with Gasteiger partial charge in [0.05, 0.1) is 5.56 Å². The number of rotatable bonds is 1. The monoisotopic (exact) mass is 232 g/mol. The normalized spacial score (nSPS) is 11.9. The first-order valence-electron chi connectivity index (χ1n) is 3.18. The Labute approximate surface area is 79.9 Å². The summed E-state index contributed by atoms with van der Waals surface area (Å²) in [5.74, 6) is -8.46. The van der Waals surface area contributed by atoms with Crippen molar-refractivity contribution < 1.29 is 26.3 Å². The molecule has 0 aliphatic carbocycles. The SMILES string of the molecule is Fc1cc(C(F)(F)S)c(F)c(F)c1F. The zero-order valence-electron chi connectivity index (χ0n) is 6.29. The number of alkyl halides is 2. The van der Waals surface area contributed by atoms with Crippen LogP contribution in [-0.2, 0) is 5.25 Å². The molecule has 0 aliphatic heterocycles. The molecule has 0 atom stereocenters. The Hall–Kier alpha value is -0.850. The Morgan fingerprint density at radius 3 is 1.86 bits per heavy atom. The third-order valence-corrected chi connectivity index (χ3v) is 1.67. The van der Waals surface area contributed by atoms with Crippen molar-refractivity contribution in [2.24, 2.45) is 0 Å². The van der Waals surface area contributed by atoms with Crippen LogP contribution < -0.4 is 0 Å². The van der Waals surface area contributed by atoms with Crippen LogP contribution in [0.1, 0.15) is 5.56 Å². The molecule has 0 aliphatic rings.